The zero-order valence-corrected chi connectivity index (χ0v) is 12.0. The molecule has 104 valence electrons. The highest BCUT2D eigenvalue weighted by Gasteiger charge is 2.19. The van der Waals surface area contributed by atoms with Gasteiger partial charge in [0.2, 0.25) is 5.91 Å². The van der Waals surface area contributed by atoms with Crippen LogP contribution in [0.15, 0.2) is 12.1 Å². The number of aryl methyl sites for hydroxylation is 1. The minimum Gasteiger partial charge on any atom is -0.397 e. The summed E-state index contributed by atoms with van der Waals surface area (Å²) in [6.45, 7) is 8.01. The number of hydrogen-bond donors (Lipinski definition) is 2. The van der Waals surface area contributed by atoms with Gasteiger partial charge in [-0.15, -0.1) is 0 Å². The molecule has 0 radical (unpaired) electrons. The minimum absolute atomic E-state index is 0.0893. The maximum Gasteiger partial charge on any atom is 0.221 e. The largest absolute Gasteiger partial charge is 0.397 e. The summed E-state index contributed by atoms with van der Waals surface area (Å²) in [7, 11) is 0. The third-order valence-electron chi connectivity index (χ3n) is 3.68. The Morgan fingerprint density at radius 1 is 1.47 bits per heavy atom. The maximum atomic E-state index is 11.2. The molecule has 1 atom stereocenters. The van der Waals surface area contributed by atoms with Gasteiger partial charge in [0.05, 0.1) is 11.4 Å². The lowest BCUT2D eigenvalue weighted by atomic mass is 9.98. The SMILES string of the molecule is CC(=O)Nc1cc(N2CCC[C@H](C)C2)c(C)cc1N. The van der Waals surface area contributed by atoms with Crippen LogP contribution in [0.5, 0.6) is 0 Å². The standard InChI is InChI=1S/C15H23N3O/c1-10-5-4-6-18(9-10)15-8-14(17-12(3)19)13(16)7-11(15)2/h7-8,10H,4-6,9,16H2,1-3H3,(H,17,19)/t10-/m0/s1. The van der Waals surface area contributed by atoms with Crippen molar-refractivity contribution in [2.45, 2.75) is 33.6 Å². The summed E-state index contributed by atoms with van der Waals surface area (Å²) in [6, 6.07) is 3.95. The van der Waals surface area contributed by atoms with Crippen molar-refractivity contribution in [1.82, 2.24) is 0 Å². The van der Waals surface area contributed by atoms with Crippen LogP contribution in [0.3, 0.4) is 0 Å². The number of hydrogen-bond acceptors (Lipinski definition) is 3. The molecule has 4 nitrogen and oxygen atoms in total. The molecule has 0 bridgehead atoms. The quantitative estimate of drug-likeness (QED) is 0.805. The van der Waals surface area contributed by atoms with Crippen LogP contribution in [0, 0.1) is 12.8 Å². The van der Waals surface area contributed by atoms with Crippen LogP contribution in [0.25, 0.3) is 0 Å². The number of anilines is 3. The van der Waals surface area contributed by atoms with E-state index in [4.69, 9.17) is 5.73 Å². The first-order valence-electron chi connectivity index (χ1n) is 6.90. The molecule has 1 amide bonds. The fraction of sp³-hybridized carbons (Fsp3) is 0.533. The Kier molecular flexibility index (Phi) is 3.98. The van der Waals surface area contributed by atoms with Gasteiger partial charge in [-0.1, -0.05) is 6.92 Å². The normalized spacial score (nSPS) is 19.3. The van der Waals surface area contributed by atoms with Crippen LogP contribution in [0.1, 0.15) is 32.3 Å². The highest BCUT2D eigenvalue weighted by molar-refractivity contribution is 5.93. The van der Waals surface area contributed by atoms with Crippen LogP contribution in [0.4, 0.5) is 17.1 Å². The first-order chi connectivity index (χ1) is 8.97. The van der Waals surface area contributed by atoms with Gasteiger partial charge in [0, 0.05) is 25.7 Å². The molecule has 4 heteroatoms. The van der Waals surface area contributed by atoms with Crippen LogP contribution < -0.4 is 16.0 Å². The number of nitrogens with zero attached hydrogens (tertiary/aromatic N) is 1. The van der Waals surface area contributed by atoms with Gasteiger partial charge >= 0.3 is 0 Å². The van der Waals surface area contributed by atoms with Gasteiger partial charge in [-0.05, 0) is 43.4 Å². The van der Waals surface area contributed by atoms with Gasteiger partial charge in [-0.25, -0.2) is 0 Å². The van der Waals surface area contributed by atoms with Crippen LogP contribution in [0.2, 0.25) is 0 Å². The minimum atomic E-state index is -0.0893. The molecular weight excluding hydrogens is 238 g/mol. The van der Waals surface area contributed by atoms with E-state index < -0.39 is 0 Å². The Hall–Kier alpha value is -1.71. The predicted octanol–water partition coefficient (Wildman–Crippen LogP) is 2.77. The summed E-state index contributed by atoms with van der Waals surface area (Å²) < 4.78 is 0. The first-order valence-corrected chi connectivity index (χ1v) is 6.90. The Morgan fingerprint density at radius 3 is 2.84 bits per heavy atom. The van der Waals surface area contributed by atoms with Crippen molar-refractivity contribution in [2.24, 2.45) is 5.92 Å². The highest BCUT2D eigenvalue weighted by atomic mass is 16.1. The molecule has 19 heavy (non-hydrogen) atoms. The monoisotopic (exact) mass is 261 g/mol. The fourth-order valence-corrected chi connectivity index (χ4v) is 2.77. The molecule has 1 aliphatic heterocycles. The van der Waals surface area contributed by atoms with E-state index in [-0.39, 0.29) is 5.91 Å². The van der Waals surface area contributed by atoms with Crippen molar-refractivity contribution in [3.63, 3.8) is 0 Å². The van der Waals surface area contributed by atoms with Crippen LogP contribution >= 0.6 is 0 Å². The summed E-state index contributed by atoms with van der Waals surface area (Å²) in [5.41, 5.74) is 9.65. The average molecular weight is 261 g/mol. The molecule has 1 saturated heterocycles. The van der Waals surface area contributed by atoms with Crippen molar-refractivity contribution < 1.29 is 4.79 Å². The molecule has 3 N–H and O–H groups in total. The van der Waals surface area contributed by atoms with Crippen molar-refractivity contribution in [3.8, 4) is 0 Å². The third-order valence-corrected chi connectivity index (χ3v) is 3.68. The lowest BCUT2D eigenvalue weighted by Crippen LogP contribution is -2.34. The molecule has 2 rings (SSSR count). The Balaban J connectivity index is 2.31. The summed E-state index contributed by atoms with van der Waals surface area (Å²) in [4.78, 5) is 13.6. The molecule has 1 aliphatic rings. The zero-order chi connectivity index (χ0) is 14.0. The number of benzene rings is 1. The number of piperidine rings is 1. The molecule has 0 aromatic heterocycles. The van der Waals surface area contributed by atoms with Gasteiger partial charge in [0.25, 0.3) is 0 Å². The number of nitrogens with one attached hydrogen (secondary N) is 1. The molecule has 1 aromatic carbocycles. The number of carbonyl (C=O) groups excluding carboxylic acids is 1. The van der Waals surface area contributed by atoms with E-state index in [0.717, 1.165) is 19.0 Å². The first kappa shape index (κ1) is 13.7. The van der Waals surface area contributed by atoms with E-state index in [9.17, 15) is 4.79 Å². The number of rotatable bonds is 2. The van der Waals surface area contributed by atoms with E-state index in [1.54, 1.807) is 0 Å². The second-order valence-electron chi connectivity index (χ2n) is 5.60. The Bertz CT molecular complexity index is 485. The third kappa shape index (κ3) is 3.19. The molecular formula is C15H23N3O. The second-order valence-corrected chi connectivity index (χ2v) is 5.60. The highest BCUT2D eigenvalue weighted by Crippen LogP contribution is 2.32. The van der Waals surface area contributed by atoms with E-state index in [1.807, 2.05) is 12.1 Å². The molecule has 0 saturated carbocycles. The van der Waals surface area contributed by atoms with Crippen molar-refractivity contribution in [3.05, 3.63) is 17.7 Å². The van der Waals surface area contributed by atoms with E-state index in [0.29, 0.717) is 11.4 Å². The van der Waals surface area contributed by atoms with Crippen molar-refractivity contribution in [2.75, 3.05) is 29.0 Å². The molecule has 0 aliphatic carbocycles. The maximum absolute atomic E-state index is 11.2. The lowest BCUT2D eigenvalue weighted by Gasteiger charge is -2.34. The number of nitrogen functional groups attached to an aromatic ring is 1. The summed E-state index contributed by atoms with van der Waals surface area (Å²) >= 11 is 0. The summed E-state index contributed by atoms with van der Waals surface area (Å²) in [5, 5.41) is 2.80. The fourth-order valence-electron chi connectivity index (χ4n) is 2.77. The Labute approximate surface area is 115 Å². The van der Waals surface area contributed by atoms with E-state index >= 15 is 0 Å². The van der Waals surface area contributed by atoms with E-state index in [2.05, 4.69) is 24.1 Å². The predicted molar refractivity (Wildman–Crippen MR) is 80.5 cm³/mol. The number of amides is 1. The molecule has 0 unspecified atom stereocenters. The van der Waals surface area contributed by atoms with Gasteiger partial charge in [0.15, 0.2) is 0 Å². The molecule has 1 aromatic rings. The van der Waals surface area contributed by atoms with Crippen molar-refractivity contribution in [1.29, 1.82) is 0 Å². The summed E-state index contributed by atoms with van der Waals surface area (Å²) in [5.74, 6) is 0.628. The van der Waals surface area contributed by atoms with Crippen LogP contribution in [-0.2, 0) is 4.79 Å². The van der Waals surface area contributed by atoms with Gasteiger partial charge < -0.3 is 16.0 Å². The topological polar surface area (TPSA) is 58.4 Å². The van der Waals surface area contributed by atoms with E-state index in [1.165, 1.54) is 31.0 Å². The molecule has 1 fully saturated rings. The van der Waals surface area contributed by atoms with Crippen LogP contribution in [-0.4, -0.2) is 19.0 Å². The lowest BCUT2D eigenvalue weighted by molar-refractivity contribution is -0.114. The van der Waals surface area contributed by atoms with Gasteiger partial charge in [0.1, 0.15) is 0 Å². The number of nitrogens with two attached hydrogens (primary N) is 1. The second kappa shape index (κ2) is 5.51. The van der Waals surface area contributed by atoms with Gasteiger partial charge in [-0.2, -0.15) is 0 Å². The van der Waals surface area contributed by atoms with Crippen molar-refractivity contribution >= 4 is 23.0 Å². The molecule has 0 spiro atoms. The Morgan fingerprint density at radius 2 is 2.21 bits per heavy atom. The molecule has 1 heterocycles. The van der Waals surface area contributed by atoms with Gasteiger partial charge in [-0.3, -0.25) is 4.79 Å². The summed E-state index contributed by atoms with van der Waals surface area (Å²) in [6.07, 6.45) is 2.52. The zero-order valence-electron chi connectivity index (χ0n) is 12.0. The average Bonchev–Trinajstić information content (AvgIpc) is 2.32. The smallest absolute Gasteiger partial charge is 0.221 e. The number of carbonyl (C=O) groups is 1.